The summed E-state index contributed by atoms with van der Waals surface area (Å²) in [6.07, 6.45) is 0. The van der Waals surface area contributed by atoms with E-state index < -0.39 is 5.97 Å². The molecular weight excluding hydrogens is 388 g/mol. The summed E-state index contributed by atoms with van der Waals surface area (Å²) >= 11 is 0. The minimum absolute atomic E-state index is 0.268. The van der Waals surface area contributed by atoms with Gasteiger partial charge in [0, 0.05) is 22.8 Å². The Bertz CT molecular complexity index is 1110. The highest BCUT2D eigenvalue weighted by atomic mass is 16.5. The van der Waals surface area contributed by atoms with Crippen LogP contribution in [0.15, 0.2) is 48.5 Å². The van der Waals surface area contributed by atoms with Gasteiger partial charge in [0.1, 0.15) is 0 Å². The molecular formula is C26H30N2O3. The summed E-state index contributed by atoms with van der Waals surface area (Å²) in [6.45, 7) is 11.6. The summed E-state index contributed by atoms with van der Waals surface area (Å²) in [7, 11) is 0. The Labute approximate surface area is 184 Å². The number of rotatable bonds is 6. The van der Waals surface area contributed by atoms with Crippen LogP contribution in [0.1, 0.15) is 58.2 Å². The van der Waals surface area contributed by atoms with Crippen LogP contribution >= 0.6 is 0 Å². The summed E-state index contributed by atoms with van der Waals surface area (Å²) < 4.78 is 7.35. The molecule has 1 heterocycles. The third kappa shape index (κ3) is 4.88. The normalized spacial score (nSPS) is 10.9. The highest BCUT2D eigenvalue weighted by molar-refractivity contribution is 5.97. The molecule has 0 saturated carbocycles. The molecule has 1 aromatic heterocycles. The monoisotopic (exact) mass is 418 g/mol. The van der Waals surface area contributed by atoms with E-state index in [1.165, 1.54) is 5.56 Å². The minimum Gasteiger partial charge on any atom is -0.452 e. The molecule has 0 bridgehead atoms. The van der Waals surface area contributed by atoms with Crippen molar-refractivity contribution in [3.63, 3.8) is 0 Å². The molecule has 3 rings (SSSR count). The third-order valence-corrected chi connectivity index (χ3v) is 5.47. The number of hydrogen-bond donors (Lipinski definition) is 1. The smallest absolute Gasteiger partial charge is 0.340 e. The van der Waals surface area contributed by atoms with Gasteiger partial charge in [-0.25, -0.2) is 4.79 Å². The Morgan fingerprint density at radius 1 is 1.00 bits per heavy atom. The lowest BCUT2D eigenvalue weighted by Crippen LogP contribution is -2.22. The van der Waals surface area contributed by atoms with Gasteiger partial charge in [0.15, 0.2) is 6.61 Å². The van der Waals surface area contributed by atoms with Crippen LogP contribution in [-0.2, 0) is 9.53 Å². The zero-order valence-electron chi connectivity index (χ0n) is 19.1. The van der Waals surface area contributed by atoms with Crippen molar-refractivity contribution in [2.24, 2.45) is 0 Å². The molecule has 3 aromatic rings. The second-order valence-corrected chi connectivity index (χ2v) is 8.27. The van der Waals surface area contributed by atoms with Crippen LogP contribution < -0.4 is 5.32 Å². The largest absolute Gasteiger partial charge is 0.452 e. The van der Waals surface area contributed by atoms with Crippen molar-refractivity contribution in [1.29, 1.82) is 0 Å². The van der Waals surface area contributed by atoms with E-state index in [1.807, 2.05) is 74.7 Å². The second-order valence-electron chi connectivity index (χ2n) is 8.27. The molecule has 162 valence electrons. The quantitative estimate of drug-likeness (QED) is 0.528. The summed E-state index contributed by atoms with van der Waals surface area (Å²) in [6, 6.07) is 15.8. The van der Waals surface area contributed by atoms with Crippen LogP contribution in [0, 0.1) is 27.7 Å². The van der Waals surface area contributed by atoms with E-state index in [0.29, 0.717) is 5.56 Å². The van der Waals surface area contributed by atoms with Crippen molar-refractivity contribution in [3.05, 3.63) is 82.2 Å². The van der Waals surface area contributed by atoms with Crippen LogP contribution in [0.5, 0.6) is 0 Å². The maximum Gasteiger partial charge on any atom is 0.340 e. The van der Waals surface area contributed by atoms with Gasteiger partial charge in [0.25, 0.3) is 5.91 Å². The summed E-state index contributed by atoms with van der Waals surface area (Å²) in [4.78, 5) is 25.2. The summed E-state index contributed by atoms with van der Waals surface area (Å²) in [5.41, 5.74) is 7.16. The lowest BCUT2D eigenvalue weighted by atomic mass is 9.98. The molecule has 1 amide bonds. The molecule has 2 aromatic carbocycles. The van der Waals surface area contributed by atoms with E-state index in [-0.39, 0.29) is 18.4 Å². The van der Waals surface area contributed by atoms with Gasteiger partial charge in [0.2, 0.25) is 0 Å². The average molecular weight is 419 g/mol. The number of nitrogens with zero attached hydrogens (tertiary/aromatic N) is 1. The van der Waals surface area contributed by atoms with Crippen LogP contribution in [0.4, 0.5) is 5.69 Å². The number of esters is 1. The topological polar surface area (TPSA) is 60.3 Å². The molecule has 1 N–H and O–H groups in total. The number of aryl methyl sites for hydroxylation is 3. The van der Waals surface area contributed by atoms with E-state index in [1.54, 1.807) is 6.07 Å². The SMILES string of the molecule is Cc1ccc(-n2c(C)cc(C(=O)OCC(=O)Nc3c(C)cccc3C(C)C)c2C)cc1. The van der Waals surface area contributed by atoms with Gasteiger partial charge in [-0.2, -0.15) is 0 Å². The number of benzene rings is 2. The van der Waals surface area contributed by atoms with Crippen molar-refractivity contribution < 1.29 is 14.3 Å². The highest BCUT2D eigenvalue weighted by Crippen LogP contribution is 2.27. The molecule has 0 radical (unpaired) electrons. The maximum atomic E-state index is 12.7. The molecule has 5 nitrogen and oxygen atoms in total. The molecule has 0 aliphatic carbocycles. The third-order valence-electron chi connectivity index (χ3n) is 5.47. The zero-order valence-corrected chi connectivity index (χ0v) is 19.1. The summed E-state index contributed by atoms with van der Waals surface area (Å²) in [5, 5.41) is 2.91. The number of para-hydroxylation sites is 1. The number of carbonyl (C=O) groups excluding carboxylic acids is 2. The van der Waals surface area contributed by atoms with Gasteiger partial charge in [-0.3, -0.25) is 4.79 Å². The molecule has 0 atom stereocenters. The minimum atomic E-state index is -0.504. The number of hydrogen-bond acceptors (Lipinski definition) is 3. The van der Waals surface area contributed by atoms with Gasteiger partial charge >= 0.3 is 5.97 Å². The van der Waals surface area contributed by atoms with E-state index in [2.05, 4.69) is 19.2 Å². The first kappa shape index (κ1) is 22.3. The Morgan fingerprint density at radius 2 is 1.68 bits per heavy atom. The lowest BCUT2D eigenvalue weighted by Gasteiger charge is -2.16. The molecule has 5 heteroatoms. The van der Waals surface area contributed by atoms with Gasteiger partial charge < -0.3 is 14.6 Å². The van der Waals surface area contributed by atoms with E-state index in [0.717, 1.165) is 33.9 Å². The van der Waals surface area contributed by atoms with Gasteiger partial charge in [-0.05, 0) is 62.9 Å². The van der Waals surface area contributed by atoms with Crippen molar-refractivity contribution in [3.8, 4) is 5.69 Å². The number of nitrogens with one attached hydrogen (secondary N) is 1. The highest BCUT2D eigenvalue weighted by Gasteiger charge is 2.19. The number of ether oxygens (including phenoxy) is 1. The number of carbonyl (C=O) groups is 2. The molecule has 0 saturated heterocycles. The Hall–Kier alpha value is -3.34. The first-order chi connectivity index (χ1) is 14.7. The van der Waals surface area contributed by atoms with Crippen molar-refractivity contribution in [2.45, 2.75) is 47.5 Å². The Balaban J connectivity index is 1.71. The molecule has 0 fully saturated rings. The fourth-order valence-electron chi connectivity index (χ4n) is 3.79. The molecule has 0 aliphatic rings. The molecule has 0 aliphatic heterocycles. The van der Waals surface area contributed by atoms with Crippen LogP contribution in [-0.4, -0.2) is 23.1 Å². The molecule has 0 spiro atoms. The van der Waals surface area contributed by atoms with E-state index in [9.17, 15) is 9.59 Å². The Kier molecular flexibility index (Phi) is 6.64. The van der Waals surface area contributed by atoms with Gasteiger partial charge in [-0.15, -0.1) is 0 Å². The second kappa shape index (κ2) is 9.21. The zero-order chi connectivity index (χ0) is 22.7. The van der Waals surface area contributed by atoms with Crippen LogP contribution in [0.2, 0.25) is 0 Å². The predicted molar refractivity (Wildman–Crippen MR) is 124 cm³/mol. The van der Waals surface area contributed by atoms with Crippen molar-refractivity contribution in [1.82, 2.24) is 4.57 Å². The lowest BCUT2D eigenvalue weighted by molar-refractivity contribution is -0.119. The van der Waals surface area contributed by atoms with Crippen LogP contribution in [0.3, 0.4) is 0 Å². The fraction of sp³-hybridized carbons (Fsp3) is 0.308. The number of amides is 1. The van der Waals surface area contributed by atoms with Gasteiger partial charge in [-0.1, -0.05) is 49.7 Å². The maximum absolute atomic E-state index is 12.7. The first-order valence-electron chi connectivity index (χ1n) is 10.5. The Morgan fingerprint density at radius 3 is 2.32 bits per heavy atom. The fourth-order valence-corrected chi connectivity index (χ4v) is 3.79. The van der Waals surface area contributed by atoms with E-state index >= 15 is 0 Å². The number of aromatic nitrogens is 1. The molecule has 31 heavy (non-hydrogen) atoms. The summed E-state index contributed by atoms with van der Waals surface area (Å²) in [5.74, 6) is -0.586. The molecule has 0 unspecified atom stereocenters. The van der Waals surface area contributed by atoms with Crippen LogP contribution in [0.25, 0.3) is 5.69 Å². The van der Waals surface area contributed by atoms with E-state index in [4.69, 9.17) is 4.74 Å². The first-order valence-corrected chi connectivity index (χ1v) is 10.5. The number of anilines is 1. The average Bonchev–Trinajstić information content (AvgIpc) is 3.02. The van der Waals surface area contributed by atoms with Crippen molar-refractivity contribution in [2.75, 3.05) is 11.9 Å². The van der Waals surface area contributed by atoms with Gasteiger partial charge in [0.05, 0.1) is 5.56 Å². The standard InChI is InChI=1S/C26H30N2O3/c1-16(2)22-9-7-8-18(4)25(22)27-24(29)15-31-26(30)23-14-19(5)28(20(23)6)21-12-10-17(3)11-13-21/h7-14,16H,15H2,1-6H3,(H,27,29). The predicted octanol–water partition coefficient (Wildman–Crippen LogP) is 5.63. The van der Waals surface area contributed by atoms with Crippen molar-refractivity contribution >= 4 is 17.6 Å².